The van der Waals surface area contributed by atoms with Gasteiger partial charge < -0.3 is 20.1 Å². The van der Waals surface area contributed by atoms with Crippen molar-refractivity contribution in [2.24, 2.45) is 4.99 Å². The number of para-hydroxylation sites is 2. The minimum absolute atomic E-state index is 0.636. The lowest BCUT2D eigenvalue weighted by Crippen LogP contribution is -2.36. The van der Waals surface area contributed by atoms with E-state index in [1.54, 1.807) is 14.2 Å². The second kappa shape index (κ2) is 9.45. The van der Waals surface area contributed by atoms with Gasteiger partial charge in [0.25, 0.3) is 0 Å². The maximum absolute atomic E-state index is 5.65. The number of nitrogens with zero attached hydrogens (tertiary/aromatic N) is 1. The molecule has 0 radical (unpaired) electrons. The molecular formula is C19H25N3O2. The molecule has 0 unspecified atom stereocenters. The Morgan fingerprint density at radius 2 is 1.46 bits per heavy atom. The molecule has 0 bridgehead atoms. The number of rotatable bonds is 7. The van der Waals surface area contributed by atoms with Crippen LogP contribution in [0.2, 0.25) is 0 Å². The van der Waals surface area contributed by atoms with E-state index >= 15 is 0 Å². The number of hydrogen-bond donors (Lipinski definition) is 2. The zero-order chi connectivity index (χ0) is 17.2. The number of ether oxygens (including phenoxy) is 2. The summed E-state index contributed by atoms with van der Waals surface area (Å²) in [7, 11) is 3.43. The Morgan fingerprint density at radius 3 is 2.00 bits per heavy atom. The van der Waals surface area contributed by atoms with Gasteiger partial charge in [0.1, 0.15) is 11.5 Å². The van der Waals surface area contributed by atoms with E-state index in [1.807, 2.05) is 55.5 Å². The van der Waals surface area contributed by atoms with E-state index in [1.165, 1.54) is 0 Å². The van der Waals surface area contributed by atoms with E-state index in [0.29, 0.717) is 19.7 Å². The van der Waals surface area contributed by atoms with Crippen LogP contribution in [-0.4, -0.2) is 26.7 Å². The van der Waals surface area contributed by atoms with E-state index in [-0.39, 0.29) is 0 Å². The van der Waals surface area contributed by atoms with Crippen LogP contribution in [0.1, 0.15) is 18.1 Å². The van der Waals surface area contributed by atoms with E-state index < -0.39 is 0 Å². The Kier molecular flexibility index (Phi) is 6.95. The van der Waals surface area contributed by atoms with E-state index in [0.717, 1.165) is 28.6 Å². The van der Waals surface area contributed by atoms with Gasteiger partial charge in [-0.15, -0.1) is 0 Å². The number of nitrogens with one attached hydrogen (secondary N) is 2. The molecule has 0 saturated carbocycles. The average molecular weight is 327 g/mol. The molecule has 0 heterocycles. The van der Waals surface area contributed by atoms with Crippen molar-refractivity contribution in [3.05, 3.63) is 59.7 Å². The molecule has 2 rings (SSSR count). The fourth-order valence-electron chi connectivity index (χ4n) is 2.37. The zero-order valence-corrected chi connectivity index (χ0v) is 14.5. The van der Waals surface area contributed by atoms with Crippen molar-refractivity contribution in [1.82, 2.24) is 10.6 Å². The van der Waals surface area contributed by atoms with Crippen molar-refractivity contribution in [2.45, 2.75) is 20.0 Å². The molecule has 0 amide bonds. The summed E-state index contributed by atoms with van der Waals surface area (Å²) in [5, 5.41) is 6.61. The van der Waals surface area contributed by atoms with Crippen LogP contribution in [0, 0.1) is 0 Å². The maximum Gasteiger partial charge on any atom is 0.191 e. The van der Waals surface area contributed by atoms with Crippen molar-refractivity contribution >= 4 is 5.96 Å². The topological polar surface area (TPSA) is 54.9 Å². The summed E-state index contributed by atoms with van der Waals surface area (Å²) in [5.41, 5.74) is 2.18. The van der Waals surface area contributed by atoms with Crippen LogP contribution in [0.3, 0.4) is 0 Å². The largest absolute Gasteiger partial charge is 0.496 e. The first-order chi connectivity index (χ1) is 11.8. The van der Waals surface area contributed by atoms with Crippen LogP contribution in [0.4, 0.5) is 0 Å². The molecule has 24 heavy (non-hydrogen) atoms. The Labute approximate surface area is 143 Å². The van der Waals surface area contributed by atoms with Crippen molar-refractivity contribution in [2.75, 3.05) is 20.8 Å². The van der Waals surface area contributed by atoms with Crippen LogP contribution in [0.5, 0.6) is 11.5 Å². The summed E-state index contributed by atoms with van der Waals surface area (Å²) >= 11 is 0. The number of guanidine groups is 1. The molecule has 2 aromatic rings. The van der Waals surface area contributed by atoms with Gasteiger partial charge >= 0.3 is 0 Å². The molecular weight excluding hydrogens is 302 g/mol. The van der Waals surface area contributed by atoms with E-state index in [2.05, 4.69) is 15.6 Å². The van der Waals surface area contributed by atoms with Crippen LogP contribution in [0.25, 0.3) is 0 Å². The van der Waals surface area contributed by atoms with Gasteiger partial charge in [-0.1, -0.05) is 36.4 Å². The third kappa shape index (κ3) is 4.91. The molecule has 128 valence electrons. The third-order valence-corrected chi connectivity index (χ3v) is 3.58. The highest BCUT2D eigenvalue weighted by atomic mass is 16.5. The molecule has 0 aliphatic carbocycles. The summed E-state index contributed by atoms with van der Waals surface area (Å²) in [6.07, 6.45) is 0. The lowest BCUT2D eigenvalue weighted by Gasteiger charge is -2.15. The van der Waals surface area contributed by atoms with Gasteiger partial charge in [-0.3, -0.25) is 4.99 Å². The van der Waals surface area contributed by atoms with Gasteiger partial charge in [-0.25, -0.2) is 0 Å². The first kappa shape index (κ1) is 17.7. The maximum atomic E-state index is 5.65. The van der Waals surface area contributed by atoms with Crippen molar-refractivity contribution in [3.8, 4) is 11.5 Å². The molecule has 0 saturated heterocycles. The normalized spacial score (nSPS) is 11.0. The van der Waals surface area contributed by atoms with Gasteiger partial charge in [0.15, 0.2) is 5.96 Å². The Bertz CT molecular complexity index is 671. The number of methoxy groups -OCH3 is 1. The highest BCUT2D eigenvalue weighted by Gasteiger charge is 2.06. The van der Waals surface area contributed by atoms with Crippen LogP contribution in [0.15, 0.2) is 53.5 Å². The standard InChI is InChI=1S/C19H25N3O2/c1-4-24-18-12-8-6-10-16(18)14-22-19(20-2)21-13-15-9-5-7-11-17(15)23-3/h5-12H,4,13-14H2,1-3H3,(H2,20,21,22). The lowest BCUT2D eigenvalue weighted by molar-refractivity contribution is 0.336. The SMILES string of the molecule is CCOc1ccccc1CNC(=NC)NCc1ccccc1OC. The molecule has 0 fully saturated rings. The summed E-state index contributed by atoms with van der Waals surface area (Å²) in [6, 6.07) is 15.9. The number of aliphatic imine (C=N–C) groups is 1. The number of hydrogen-bond acceptors (Lipinski definition) is 3. The minimum Gasteiger partial charge on any atom is -0.496 e. The molecule has 0 atom stereocenters. The fourth-order valence-corrected chi connectivity index (χ4v) is 2.37. The Morgan fingerprint density at radius 1 is 0.917 bits per heavy atom. The van der Waals surface area contributed by atoms with Gasteiger partial charge in [0.2, 0.25) is 0 Å². The van der Waals surface area contributed by atoms with Gasteiger partial charge in [0, 0.05) is 31.3 Å². The number of benzene rings is 2. The highest BCUT2D eigenvalue weighted by Crippen LogP contribution is 2.18. The molecule has 0 aliphatic rings. The summed E-state index contributed by atoms with van der Waals surface area (Å²) in [6.45, 7) is 3.91. The predicted octanol–water partition coefficient (Wildman–Crippen LogP) is 2.96. The van der Waals surface area contributed by atoms with E-state index in [4.69, 9.17) is 9.47 Å². The first-order valence-corrected chi connectivity index (χ1v) is 8.05. The van der Waals surface area contributed by atoms with Gasteiger partial charge in [-0.05, 0) is 19.1 Å². The molecule has 0 aliphatic heterocycles. The molecule has 5 heteroatoms. The molecule has 2 N–H and O–H groups in total. The molecule has 2 aromatic carbocycles. The van der Waals surface area contributed by atoms with Crippen molar-refractivity contribution < 1.29 is 9.47 Å². The second-order valence-electron chi connectivity index (χ2n) is 5.13. The van der Waals surface area contributed by atoms with Crippen molar-refractivity contribution in [3.63, 3.8) is 0 Å². The first-order valence-electron chi connectivity index (χ1n) is 8.05. The van der Waals surface area contributed by atoms with Crippen LogP contribution in [-0.2, 0) is 13.1 Å². The quantitative estimate of drug-likeness (QED) is 0.606. The van der Waals surface area contributed by atoms with Crippen molar-refractivity contribution in [1.29, 1.82) is 0 Å². The summed E-state index contributed by atoms with van der Waals surface area (Å²) in [4.78, 5) is 4.26. The summed E-state index contributed by atoms with van der Waals surface area (Å²) in [5.74, 6) is 2.49. The van der Waals surface area contributed by atoms with Crippen LogP contribution < -0.4 is 20.1 Å². The monoisotopic (exact) mass is 327 g/mol. The van der Waals surface area contributed by atoms with Gasteiger partial charge in [-0.2, -0.15) is 0 Å². The smallest absolute Gasteiger partial charge is 0.191 e. The molecule has 0 aromatic heterocycles. The average Bonchev–Trinajstić information content (AvgIpc) is 2.63. The Hall–Kier alpha value is -2.69. The molecule has 5 nitrogen and oxygen atoms in total. The highest BCUT2D eigenvalue weighted by molar-refractivity contribution is 5.79. The molecule has 0 spiro atoms. The Balaban J connectivity index is 1.94. The lowest BCUT2D eigenvalue weighted by atomic mass is 10.2. The fraction of sp³-hybridized carbons (Fsp3) is 0.316. The summed E-state index contributed by atoms with van der Waals surface area (Å²) < 4.78 is 11.0. The van der Waals surface area contributed by atoms with E-state index in [9.17, 15) is 0 Å². The second-order valence-corrected chi connectivity index (χ2v) is 5.13. The third-order valence-electron chi connectivity index (χ3n) is 3.58. The predicted molar refractivity (Wildman–Crippen MR) is 97.6 cm³/mol. The van der Waals surface area contributed by atoms with Gasteiger partial charge in [0.05, 0.1) is 13.7 Å². The minimum atomic E-state index is 0.636. The van der Waals surface area contributed by atoms with Crippen LogP contribution >= 0.6 is 0 Å². The zero-order valence-electron chi connectivity index (χ0n) is 14.5.